The van der Waals surface area contributed by atoms with Crippen molar-refractivity contribution in [3.63, 3.8) is 0 Å². The Labute approximate surface area is 132 Å². The van der Waals surface area contributed by atoms with Crippen molar-refractivity contribution in [2.45, 2.75) is 24.8 Å². The van der Waals surface area contributed by atoms with Crippen molar-refractivity contribution in [2.75, 3.05) is 4.72 Å². The highest BCUT2D eigenvalue weighted by Crippen LogP contribution is 2.27. The first-order chi connectivity index (χ1) is 9.88. The summed E-state index contributed by atoms with van der Waals surface area (Å²) in [7, 11) is -3.72. The zero-order chi connectivity index (χ0) is 15.5. The number of benzene rings is 1. The monoisotopic (exact) mass is 370 g/mol. The summed E-state index contributed by atoms with van der Waals surface area (Å²) in [5.74, 6) is 0.485. The van der Waals surface area contributed by atoms with Crippen molar-refractivity contribution in [3.8, 4) is 5.75 Å². The first-order valence-electron chi connectivity index (χ1n) is 6.27. The summed E-state index contributed by atoms with van der Waals surface area (Å²) in [4.78, 5) is 3.95. The van der Waals surface area contributed by atoms with Crippen molar-refractivity contribution in [1.82, 2.24) is 4.98 Å². The maximum absolute atomic E-state index is 12.4. The molecule has 21 heavy (non-hydrogen) atoms. The molecule has 0 saturated carbocycles. The smallest absolute Gasteiger partial charge is 0.263 e. The molecule has 1 aromatic carbocycles. The maximum Gasteiger partial charge on any atom is 0.263 e. The number of para-hydroxylation sites is 2. The van der Waals surface area contributed by atoms with E-state index in [9.17, 15) is 8.42 Å². The Morgan fingerprint density at radius 1 is 1.24 bits per heavy atom. The van der Waals surface area contributed by atoms with E-state index < -0.39 is 10.0 Å². The van der Waals surface area contributed by atoms with Crippen LogP contribution in [0.2, 0.25) is 0 Å². The summed E-state index contributed by atoms with van der Waals surface area (Å²) >= 11 is 3.21. The van der Waals surface area contributed by atoms with Gasteiger partial charge >= 0.3 is 0 Å². The van der Waals surface area contributed by atoms with E-state index >= 15 is 0 Å². The molecule has 5 nitrogen and oxygen atoms in total. The van der Waals surface area contributed by atoms with Crippen LogP contribution in [-0.2, 0) is 10.0 Å². The van der Waals surface area contributed by atoms with Crippen molar-refractivity contribution < 1.29 is 13.2 Å². The number of aromatic nitrogens is 1. The van der Waals surface area contributed by atoms with Gasteiger partial charge in [0.15, 0.2) is 0 Å². The van der Waals surface area contributed by atoms with Gasteiger partial charge in [0, 0.05) is 16.9 Å². The molecule has 0 radical (unpaired) electrons. The Morgan fingerprint density at radius 2 is 1.95 bits per heavy atom. The lowest BCUT2D eigenvalue weighted by Crippen LogP contribution is -2.15. The molecule has 0 amide bonds. The van der Waals surface area contributed by atoms with Crippen LogP contribution in [0.5, 0.6) is 5.75 Å². The summed E-state index contributed by atoms with van der Waals surface area (Å²) in [5, 5.41) is 0. The summed E-state index contributed by atoms with van der Waals surface area (Å²) in [6, 6.07) is 8.39. The van der Waals surface area contributed by atoms with Gasteiger partial charge < -0.3 is 4.74 Å². The van der Waals surface area contributed by atoms with Gasteiger partial charge in [-0.15, -0.1) is 0 Å². The quantitative estimate of drug-likeness (QED) is 0.875. The molecule has 0 unspecified atom stereocenters. The number of nitrogens with one attached hydrogen (secondary N) is 1. The summed E-state index contributed by atoms with van der Waals surface area (Å²) in [6.07, 6.45) is 2.76. The van der Waals surface area contributed by atoms with E-state index in [4.69, 9.17) is 4.74 Å². The number of halogens is 1. The number of nitrogens with zero attached hydrogens (tertiary/aromatic N) is 1. The van der Waals surface area contributed by atoms with E-state index in [2.05, 4.69) is 25.6 Å². The lowest BCUT2D eigenvalue weighted by atomic mass is 10.3. The number of anilines is 1. The highest BCUT2D eigenvalue weighted by atomic mass is 79.9. The highest BCUT2D eigenvalue weighted by molar-refractivity contribution is 9.10. The van der Waals surface area contributed by atoms with Gasteiger partial charge in [0.05, 0.1) is 11.8 Å². The molecule has 0 bridgehead atoms. The fourth-order valence-electron chi connectivity index (χ4n) is 1.65. The topological polar surface area (TPSA) is 68.3 Å². The molecule has 1 aromatic heterocycles. The van der Waals surface area contributed by atoms with Gasteiger partial charge in [-0.05, 0) is 48.0 Å². The molecular weight excluding hydrogens is 356 g/mol. The third-order valence-corrected chi connectivity index (χ3v) is 4.25. The lowest BCUT2D eigenvalue weighted by molar-refractivity contribution is 0.244. The van der Waals surface area contributed by atoms with Crippen molar-refractivity contribution >= 4 is 31.6 Å². The minimum Gasteiger partial charge on any atom is -0.489 e. The summed E-state index contributed by atoms with van der Waals surface area (Å²) in [6.45, 7) is 3.76. The molecule has 0 aliphatic rings. The second-order valence-electron chi connectivity index (χ2n) is 4.61. The van der Waals surface area contributed by atoms with E-state index in [0.29, 0.717) is 15.9 Å². The van der Waals surface area contributed by atoms with E-state index in [1.165, 1.54) is 18.5 Å². The van der Waals surface area contributed by atoms with Gasteiger partial charge in [-0.25, -0.2) is 8.42 Å². The lowest BCUT2D eigenvalue weighted by Gasteiger charge is -2.15. The molecule has 0 aliphatic carbocycles. The average molecular weight is 371 g/mol. The van der Waals surface area contributed by atoms with Gasteiger partial charge in [0.1, 0.15) is 10.6 Å². The average Bonchev–Trinajstić information content (AvgIpc) is 2.40. The molecule has 0 fully saturated rings. The largest absolute Gasteiger partial charge is 0.489 e. The predicted octanol–water partition coefficient (Wildman–Crippen LogP) is 3.43. The molecule has 0 saturated heterocycles. The normalized spacial score (nSPS) is 11.4. The standard InChI is InChI=1S/C14H15BrN2O3S/c1-10(2)20-14-6-4-3-5-13(14)17-21(18,19)12-7-11(15)8-16-9-12/h3-10,17H,1-2H3. The van der Waals surface area contributed by atoms with Crippen LogP contribution in [0.4, 0.5) is 5.69 Å². The Morgan fingerprint density at radius 3 is 2.62 bits per heavy atom. The molecule has 0 spiro atoms. The van der Waals surface area contributed by atoms with Crippen LogP contribution in [0.25, 0.3) is 0 Å². The van der Waals surface area contributed by atoms with Crippen molar-refractivity contribution in [3.05, 3.63) is 47.2 Å². The molecule has 1 N–H and O–H groups in total. The van der Waals surface area contributed by atoms with Crippen LogP contribution in [-0.4, -0.2) is 19.5 Å². The highest BCUT2D eigenvalue weighted by Gasteiger charge is 2.17. The van der Waals surface area contributed by atoms with Crippen LogP contribution in [0.3, 0.4) is 0 Å². The minimum absolute atomic E-state index is 0.0526. The number of hydrogen-bond donors (Lipinski definition) is 1. The fraction of sp³-hybridized carbons (Fsp3) is 0.214. The van der Waals surface area contributed by atoms with Crippen LogP contribution in [0.1, 0.15) is 13.8 Å². The number of ether oxygens (including phenoxy) is 1. The van der Waals surface area contributed by atoms with Gasteiger partial charge in [0.25, 0.3) is 10.0 Å². The molecule has 7 heteroatoms. The zero-order valence-corrected chi connectivity index (χ0v) is 14.0. The number of hydrogen-bond acceptors (Lipinski definition) is 4. The SMILES string of the molecule is CC(C)Oc1ccccc1NS(=O)(=O)c1cncc(Br)c1. The Hall–Kier alpha value is -1.60. The second-order valence-corrected chi connectivity index (χ2v) is 7.21. The third kappa shape index (κ3) is 4.18. The van der Waals surface area contributed by atoms with Crippen LogP contribution < -0.4 is 9.46 Å². The summed E-state index contributed by atoms with van der Waals surface area (Å²) < 4.78 is 33.4. The Balaban J connectivity index is 2.33. The predicted molar refractivity (Wildman–Crippen MR) is 85.0 cm³/mol. The van der Waals surface area contributed by atoms with Crippen LogP contribution in [0.15, 0.2) is 52.1 Å². The van der Waals surface area contributed by atoms with Gasteiger partial charge in [0.2, 0.25) is 0 Å². The molecule has 0 aliphatic heterocycles. The number of sulfonamides is 1. The van der Waals surface area contributed by atoms with Gasteiger partial charge in [-0.2, -0.15) is 0 Å². The molecule has 112 valence electrons. The molecular formula is C14H15BrN2O3S. The first kappa shape index (κ1) is 15.8. The van der Waals surface area contributed by atoms with Gasteiger partial charge in [-0.1, -0.05) is 12.1 Å². The molecule has 1 heterocycles. The minimum atomic E-state index is -3.72. The third-order valence-electron chi connectivity index (χ3n) is 2.48. The fourth-order valence-corrected chi connectivity index (χ4v) is 3.22. The second kappa shape index (κ2) is 6.44. The molecule has 2 aromatic rings. The van der Waals surface area contributed by atoms with Crippen LogP contribution >= 0.6 is 15.9 Å². The van der Waals surface area contributed by atoms with E-state index in [1.807, 2.05) is 13.8 Å². The Bertz CT molecular complexity index is 733. The van der Waals surface area contributed by atoms with E-state index in [1.54, 1.807) is 24.3 Å². The Kier molecular flexibility index (Phi) is 4.84. The van der Waals surface area contributed by atoms with Gasteiger partial charge in [-0.3, -0.25) is 9.71 Å². The number of rotatable bonds is 5. The van der Waals surface area contributed by atoms with Crippen molar-refractivity contribution in [1.29, 1.82) is 0 Å². The summed E-state index contributed by atoms with van der Waals surface area (Å²) in [5.41, 5.74) is 0.395. The first-order valence-corrected chi connectivity index (χ1v) is 8.55. The van der Waals surface area contributed by atoms with E-state index in [0.717, 1.165) is 0 Å². The van der Waals surface area contributed by atoms with E-state index in [-0.39, 0.29) is 11.0 Å². The number of pyridine rings is 1. The molecule has 2 rings (SSSR count). The molecule has 0 atom stereocenters. The zero-order valence-electron chi connectivity index (χ0n) is 11.6. The maximum atomic E-state index is 12.4. The van der Waals surface area contributed by atoms with Crippen LogP contribution in [0, 0.1) is 0 Å². The van der Waals surface area contributed by atoms with Crippen molar-refractivity contribution in [2.24, 2.45) is 0 Å².